The largest absolute Gasteiger partial charge is 0.459 e. The Bertz CT molecular complexity index is 896. The minimum Gasteiger partial charge on any atom is -0.459 e. The van der Waals surface area contributed by atoms with Crippen LogP contribution in [0.3, 0.4) is 0 Å². The summed E-state index contributed by atoms with van der Waals surface area (Å²) in [7, 11) is 0. The molecule has 0 saturated heterocycles. The van der Waals surface area contributed by atoms with E-state index in [-0.39, 0.29) is 5.76 Å². The van der Waals surface area contributed by atoms with Crippen LogP contribution in [0.4, 0.5) is 8.78 Å². The molecule has 1 N–H and O–H groups in total. The molecule has 1 unspecified atom stereocenters. The van der Waals surface area contributed by atoms with Crippen LogP contribution < -0.4 is 5.32 Å². The van der Waals surface area contributed by atoms with Gasteiger partial charge < -0.3 is 9.73 Å². The average Bonchev–Trinajstić information content (AvgIpc) is 3.12. The van der Waals surface area contributed by atoms with E-state index in [2.05, 4.69) is 5.32 Å². The van der Waals surface area contributed by atoms with Crippen molar-refractivity contribution in [2.45, 2.75) is 23.6 Å². The van der Waals surface area contributed by atoms with Gasteiger partial charge in [0.05, 0.1) is 12.3 Å². The lowest BCUT2D eigenvalue weighted by atomic mass is 10.1. The number of thioether (sulfide) groups is 1. The molecule has 0 aliphatic rings. The van der Waals surface area contributed by atoms with E-state index in [4.69, 9.17) is 4.42 Å². The van der Waals surface area contributed by atoms with Crippen LogP contribution in [0.5, 0.6) is 0 Å². The number of furan rings is 1. The highest BCUT2D eigenvalue weighted by atomic mass is 32.2. The molecule has 3 aromatic rings. The van der Waals surface area contributed by atoms with Crippen molar-refractivity contribution in [1.82, 2.24) is 5.32 Å². The molecular formula is C20H17F2NO2S. The second-order valence-electron chi connectivity index (χ2n) is 5.75. The van der Waals surface area contributed by atoms with E-state index in [1.54, 1.807) is 24.8 Å². The van der Waals surface area contributed by atoms with Crippen molar-refractivity contribution >= 4 is 17.7 Å². The lowest BCUT2D eigenvalue weighted by Crippen LogP contribution is -2.27. The molecule has 0 spiro atoms. The van der Waals surface area contributed by atoms with Crippen molar-refractivity contribution in [3.63, 3.8) is 0 Å². The third-order valence-electron chi connectivity index (χ3n) is 3.88. The molecule has 0 radical (unpaired) electrons. The van der Waals surface area contributed by atoms with Crippen LogP contribution in [0.1, 0.15) is 34.6 Å². The zero-order chi connectivity index (χ0) is 18.5. The van der Waals surface area contributed by atoms with Crippen molar-refractivity contribution in [2.24, 2.45) is 0 Å². The first-order valence-corrected chi connectivity index (χ1v) is 9.03. The molecule has 0 bridgehead atoms. The van der Waals surface area contributed by atoms with Gasteiger partial charge in [0.15, 0.2) is 17.4 Å². The summed E-state index contributed by atoms with van der Waals surface area (Å²) in [6.07, 6.45) is 1.47. The average molecular weight is 373 g/mol. The molecule has 0 saturated carbocycles. The Hall–Kier alpha value is -2.60. The fourth-order valence-electron chi connectivity index (χ4n) is 2.45. The van der Waals surface area contributed by atoms with Crippen LogP contribution in [-0.2, 0) is 5.75 Å². The van der Waals surface area contributed by atoms with Gasteiger partial charge in [-0.25, -0.2) is 8.78 Å². The maximum Gasteiger partial charge on any atom is 0.287 e. The van der Waals surface area contributed by atoms with E-state index in [1.165, 1.54) is 12.3 Å². The Morgan fingerprint density at radius 3 is 2.62 bits per heavy atom. The predicted molar refractivity (Wildman–Crippen MR) is 97.0 cm³/mol. The number of hydrogen-bond acceptors (Lipinski definition) is 3. The highest BCUT2D eigenvalue weighted by molar-refractivity contribution is 7.98. The van der Waals surface area contributed by atoms with Gasteiger partial charge in [0.1, 0.15) is 0 Å². The Balaban J connectivity index is 1.66. The molecule has 1 heterocycles. The van der Waals surface area contributed by atoms with Crippen LogP contribution in [-0.4, -0.2) is 5.91 Å². The van der Waals surface area contributed by atoms with Crippen LogP contribution in [0.2, 0.25) is 0 Å². The minimum atomic E-state index is -0.943. The smallest absolute Gasteiger partial charge is 0.287 e. The maximum atomic E-state index is 13.4. The van der Waals surface area contributed by atoms with Gasteiger partial charge in [-0.1, -0.05) is 24.3 Å². The van der Waals surface area contributed by atoms with Gasteiger partial charge in [-0.3, -0.25) is 4.79 Å². The van der Waals surface area contributed by atoms with Crippen LogP contribution >= 0.6 is 11.8 Å². The molecule has 1 amide bonds. The zero-order valence-electron chi connectivity index (χ0n) is 14.0. The molecule has 0 aliphatic heterocycles. The summed E-state index contributed by atoms with van der Waals surface area (Å²) in [6, 6.07) is 14.7. The van der Waals surface area contributed by atoms with E-state index >= 15 is 0 Å². The molecule has 6 heteroatoms. The molecule has 0 fully saturated rings. The van der Waals surface area contributed by atoms with Gasteiger partial charge in [-0.2, -0.15) is 0 Å². The van der Waals surface area contributed by atoms with E-state index in [9.17, 15) is 13.6 Å². The van der Waals surface area contributed by atoms with E-state index in [1.807, 2.05) is 30.3 Å². The van der Waals surface area contributed by atoms with Crippen molar-refractivity contribution in [1.29, 1.82) is 0 Å². The number of benzene rings is 2. The summed E-state index contributed by atoms with van der Waals surface area (Å²) in [6.45, 7) is 1.70. The van der Waals surface area contributed by atoms with Crippen molar-refractivity contribution < 1.29 is 18.0 Å². The number of carbonyl (C=O) groups excluding carboxylic acids is 1. The quantitative estimate of drug-likeness (QED) is 0.593. The molecular weight excluding hydrogens is 356 g/mol. The lowest BCUT2D eigenvalue weighted by Gasteiger charge is -2.14. The van der Waals surface area contributed by atoms with Crippen molar-refractivity contribution in [2.75, 3.05) is 0 Å². The maximum absolute atomic E-state index is 13.4. The second kappa shape index (κ2) is 8.19. The SMILES string of the molecule is CC(NC(=O)c1occc1CSc1ccccc1)c1ccc(F)c(F)c1. The van der Waals surface area contributed by atoms with Crippen molar-refractivity contribution in [3.8, 4) is 0 Å². The summed E-state index contributed by atoms with van der Waals surface area (Å²) >= 11 is 1.60. The van der Waals surface area contributed by atoms with Crippen LogP contribution in [0.15, 0.2) is 70.2 Å². The van der Waals surface area contributed by atoms with Gasteiger partial charge in [0.2, 0.25) is 0 Å². The molecule has 1 atom stereocenters. The summed E-state index contributed by atoms with van der Waals surface area (Å²) < 4.78 is 31.7. The Morgan fingerprint density at radius 1 is 1.12 bits per heavy atom. The summed E-state index contributed by atoms with van der Waals surface area (Å²) in [5, 5.41) is 2.75. The highest BCUT2D eigenvalue weighted by Crippen LogP contribution is 2.25. The normalized spacial score (nSPS) is 12.0. The highest BCUT2D eigenvalue weighted by Gasteiger charge is 2.19. The topological polar surface area (TPSA) is 42.2 Å². The third kappa shape index (κ3) is 4.32. The molecule has 2 aromatic carbocycles. The minimum absolute atomic E-state index is 0.225. The van der Waals surface area contributed by atoms with Gasteiger partial charge in [-0.15, -0.1) is 11.8 Å². The zero-order valence-corrected chi connectivity index (χ0v) is 14.9. The van der Waals surface area contributed by atoms with Crippen molar-refractivity contribution in [3.05, 3.63) is 89.4 Å². The summed E-state index contributed by atoms with van der Waals surface area (Å²) in [5.41, 5.74) is 1.25. The first-order valence-electron chi connectivity index (χ1n) is 8.04. The van der Waals surface area contributed by atoms with Gasteiger partial charge in [0, 0.05) is 16.2 Å². The summed E-state index contributed by atoms with van der Waals surface area (Å²) in [5.74, 6) is -1.44. The third-order valence-corrected chi connectivity index (χ3v) is 4.94. The van der Waals surface area contributed by atoms with Gasteiger partial charge in [0.25, 0.3) is 5.91 Å². The number of rotatable bonds is 6. The number of hydrogen-bond donors (Lipinski definition) is 1. The second-order valence-corrected chi connectivity index (χ2v) is 6.79. The number of halogens is 2. The Labute approximate surface area is 154 Å². The molecule has 26 heavy (non-hydrogen) atoms. The number of nitrogens with one attached hydrogen (secondary N) is 1. The summed E-state index contributed by atoms with van der Waals surface area (Å²) in [4.78, 5) is 13.6. The van der Waals surface area contributed by atoms with E-state index < -0.39 is 23.6 Å². The van der Waals surface area contributed by atoms with Crippen LogP contribution in [0, 0.1) is 11.6 Å². The van der Waals surface area contributed by atoms with Crippen LogP contribution in [0.25, 0.3) is 0 Å². The molecule has 134 valence electrons. The van der Waals surface area contributed by atoms with Gasteiger partial charge in [-0.05, 0) is 42.8 Å². The molecule has 3 rings (SSSR count). The van der Waals surface area contributed by atoms with Gasteiger partial charge >= 0.3 is 0 Å². The Kier molecular flexibility index (Phi) is 5.73. The fourth-order valence-corrected chi connectivity index (χ4v) is 3.35. The fraction of sp³-hybridized carbons (Fsp3) is 0.150. The lowest BCUT2D eigenvalue weighted by molar-refractivity contribution is 0.0911. The number of amides is 1. The standard InChI is InChI=1S/C20H17F2NO2S/c1-13(14-7-8-17(21)18(22)11-14)23-20(24)19-15(9-10-25-19)12-26-16-5-3-2-4-6-16/h2-11,13H,12H2,1H3,(H,23,24). The first kappa shape index (κ1) is 18.2. The van der Waals surface area contributed by atoms with E-state index in [0.717, 1.165) is 22.6 Å². The number of carbonyl (C=O) groups is 1. The molecule has 3 nitrogen and oxygen atoms in total. The monoisotopic (exact) mass is 373 g/mol. The van der Waals surface area contributed by atoms with E-state index in [0.29, 0.717) is 11.3 Å². The first-order chi connectivity index (χ1) is 12.5. The molecule has 0 aliphatic carbocycles. The Morgan fingerprint density at radius 2 is 1.88 bits per heavy atom. The molecule has 1 aromatic heterocycles. The predicted octanol–water partition coefficient (Wildman–Crippen LogP) is 5.34.